The van der Waals surface area contributed by atoms with E-state index < -0.39 is 0 Å². The van der Waals surface area contributed by atoms with Gasteiger partial charge in [0.1, 0.15) is 10.8 Å². The van der Waals surface area contributed by atoms with Gasteiger partial charge in [0, 0.05) is 0 Å². The highest BCUT2D eigenvalue weighted by Gasteiger charge is 2.32. The van der Waals surface area contributed by atoms with Crippen molar-refractivity contribution in [3.05, 3.63) is 36.0 Å². The number of thiazole rings is 1. The number of ether oxygens (including phenoxy) is 1. The molecule has 3 N–H and O–H groups in total. The first kappa shape index (κ1) is 13.6. The second-order valence-electron chi connectivity index (χ2n) is 4.71. The maximum absolute atomic E-state index is 12.2. The fraction of sp³-hybridized carbons (Fsp3) is 0.214. The van der Waals surface area contributed by atoms with Crippen LogP contribution in [0.2, 0.25) is 0 Å². The Morgan fingerprint density at radius 3 is 2.76 bits per heavy atom. The Morgan fingerprint density at radius 1 is 1.33 bits per heavy atom. The van der Waals surface area contributed by atoms with Crippen LogP contribution < -0.4 is 15.8 Å². The van der Waals surface area contributed by atoms with Gasteiger partial charge in [-0.3, -0.25) is 9.59 Å². The highest BCUT2D eigenvalue weighted by molar-refractivity contribution is 7.19. The third-order valence-corrected chi connectivity index (χ3v) is 3.76. The van der Waals surface area contributed by atoms with Gasteiger partial charge in [0.25, 0.3) is 5.91 Å². The zero-order valence-electron chi connectivity index (χ0n) is 11.0. The summed E-state index contributed by atoms with van der Waals surface area (Å²) in [7, 11) is 0. The molecule has 1 aromatic heterocycles. The molecule has 1 saturated carbocycles. The molecule has 1 fully saturated rings. The van der Waals surface area contributed by atoms with Crippen molar-refractivity contribution in [1.29, 1.82) is 0 Å². The molecule has 7 heteroatoms. The summed E-state index contributed by atoms with van der Waals surface area (Å²) in [6.07, 6.45) is 3.19. The van der Waals surface area contributed by atoms with E-state index in [0.29, 0.717) is 15.7 Å². The SMILES string of the molecule is Nc1ncc(NC(=O)c2ccccc2OC(=O)C2CC2)s1. The van der Waals surface area contributed by atoms with Gasteiger partial charge in [-0.05, 0) is 25.0 Å². The van der Waals surface area contributed by atoms with Crippen LogP contribution in [0.25, 0.3) is 0 Å². The first-order valence-corrected chi connectivity index (χ1v) is 7.28. The van der Waals surface area contributed by atoms with E-state index in [1.54, 1.807) is 24.3 Å². The molecule has 0 saturated heterocycles. The normalized spacial score (nSPS) is 13.7. The Hall–Kier alpha value is -2.41. The lowest BCUT2D eigenvalue weighted by Gasteiger charge is -2.09. The molecule has 1 amide bonds. The summed E-state index contributed by atoms with van der Waals surface area (Å²) in [6.45, 7) is 0. The fourth-order valence-corrected chi connectivity index (χ4v) is 2.36. The van der Waals surface area contributed by atoms with E-state index in [1.807, 2.05) is 0 Å². The third-order valence-electron chi connectivity index (χ3n) is 3.01. The van der Waals surface area contributed by atoms with Crippen molar-refractivity contribution in [1.82, 2.24) is 4.98 Å². The summed E-state index contributed by atoms with van der Waals surface area (Å²) in [6, 6.07) is 6.65. The summed E-state index contributed by atoms with van der Waals surface area (Å²) < 4.78 is 5.30. The number of anilines is 2. The highest BCUT2D eigenvalue weighted by Crippen LogP contribution is 2.32. The molecule has 3 rings (SSSR count). The number of aromatic nitrogens is 1. The number of nitrogens with one attached hydrogen (secondary N) is 1. The predicted molar refractivity (Wildman–Crippen MR) is 79.3 cm³/mol. The summed E-state index contributed by atoms with van der Waals surface area (Å²) in [5.41, 5.74) is 5.82. The third kappa shape index (κ3) is 3.19. The molecular weight excluding hydrogens is 290 g/mol. The van der Waals surface area contributed by atoms with Crippen LogP contribution >= 0.6 is 11.3 Å². The molecule has 2 aromatic rings. The number of rotatable bonds is 4. The molecule has 0 spiro atoms. The van der Waals surface area contributed by atoms with Crippen LogP contribution in [-0.4, -0.2) is 16.9 Å². The lowest BCUT2D eigenvalue weighted by atomic mass is 10.2. The van der Waals surface area contributed by atoms with Crippen LogP contribution in [0, 0.1) is 5.92 Å². The van der Waals surface area contributed by atoms with E-state index in [9.17, 15) is 9.59 Å². The fourth-order valence-electron chi connectivity index (χ4n) is 1.78. The summed E-state index contributed by atoms with van der Waals surface area (Å²) in [4.78, 5) is 27.8. The molecule has 0 bridgehead atoms. The lowest BCUT2D eigenvalue weighted by Crippen LogP contribution is -2.16. The van der Waals surface area contributed by atoms with E-state index in [4.69, 9.17) is 10.5 Å². The van der Waals surface area contributed by atoms with Gasteiger partial charge < -0.3 is 15.8 Å². The number of hydrogen-bond donors (Lipinski definition) is 2. The number of hydrogen-bond acceptors (Lipinski definition) is 6. The molecule has 1 heterocycles. The summed E-state index contributed by atoms with van der Waals surface area (Å²) >= 11 is 1.17. The molecule has 108 valence electrons. The van der Waals surface area contributed by atoms with Crippen LogP contribution in [0.4, 0.5) is 10.1 Å². The van der Waals surface area contributed by atoms with E-state index in [1.165, 1.54) is 17.5 Å². The second-order valence-corrected chi connectivity index (χ2v) is 5.77. The number of carbonyl (C=O) groups is 2. The van der Waals surface area contributed by atoms with Crippen molar-refractivity contribution in [2.45, 2.75) is 12.8 Å². The van der Waals surface area contributed by atoms with E-state index in [2.05, 4.69) is 10.3 Å². The Labute approximate surface area is 124 Å². The number of para-hydroxylation sites is 1. The molecule has 0 radical (unpaired) electrons. The number of nitrogen functional groups attached to an aromatic ring is 1. The molecule has 21 heavy (non-hydrogen) atoms. The van der Waals surface area contributed by atoms with Crippen molar-refractivity contribution in [3.8, 4) is 5.75 Å². The van der Waals surface area contributed by atoms with Crippen LogP contribution in [0.15, 0.2) is 30.5 Å². The Bertz CT molecular complexity index is 694. The number of nitrogens with two attached hydrogens (primary N) is 1. The maximum atomic E-state index is 12.2. The van der Waals surface area contributed by atoms with E-state index in [0.717, 1.165) is 12.8 Å². The van der Waals surface area contributed by atoms with Gasteiger partial charge in [0.2, 0.25) is 0 Å². The zero-order chi connectivity index (χ0) is 14.8. The number of carbonyl (C=O) groups excluding carboxylic acids is 2. The first-order chi connectivity index (χ1) is 10.1. The van der Waals surface area contributed by atoms with Gasteiger partial charge >= 0.3 is 5.97 Å². The summed E-state index contributed by atoms with van der Waals surface area (Å²) in [5, 5.41) is 3.60. The molecule has 6 nitrogen and oxygen atoms in total. The van der Waals surface area contributed by atoms with Crippen molar-refractivity contribution >= 4 is 33.3 Å². The quantitative estimate of drug-likeness (QED) is 0.667. The molecule has 1 aromatic carbocycles. The van der Waals surface area contributed by atoms with Gasteiger partial charge in [-0.1, -0.05) is 23.5 Å². The van der Waals surface area contributed by atoms with Crippen LogP contribution in [-0.2, 0) is 4.79 Å². The minimum atomic E-state index is -0.363. The second kappa shape index (κ2) is 5.53. The number of esters is 1. The molecule has 0 atom stereocenters. The van der Waals surface area contributed by atoms with Crippen LogP contribution in [0.1, 0.15) is 23.2 Å². The minimum absolute atomic E-state index is 0.0255. The highest BCUT2D eigenvalue weighted by atomic mass is 32.1. The van der Waals surface area contributed by atoms with E-state index >= 15 is 0 Å². The monoisotopic (exact) mass is 303 g/mol. The predicted octanol–water partition coefficient (Wildman–Crippen LogP) is 2.29. The molecule has 0 aliphatic heterocycles. The van der Waals surface area contributed by atoms with Gasteiger partial charge in [-0.25, -0.2) is 4.98 Å². The van der Waals surface area contributed by atoms with Gasteiger partial charge in [-0.2, -0.15) is 0 Å². The van der Waals surface area contributed by atoms with Crippen LogP contribution in [0.3, 0.4) is 0 Å². The average Bonchev–Trinajstić information content (AvgIpc) is 3.24. The van der Waals surface area contributed by atoms with Crippen molar-refractivity contribution < 1.29 is 14.3 Å². The van der Waals surface area contributed by atoms with E-state index in [-0.39, 0.29) is 23.5 Å². The van der Waals surface area contributed by atoms with Gasteiger partial charge in [-0.15, -0.1) is 0 Å². The number of nitrogens with zero attached hydrogens (tertiary/aromatic N) is 1. The topological polar surface area (TPSA) is 94.3 Å². The van der Waals surface area contributed by atoms with Crippen molar-refractivity contribution in [2.75, 3.05) is 11.1 Å². The standard InChI is InChI=1S/C14H13N3O3S/c15-14-16-7-11(21-14)17-12(18)9-3-1-2-4-10(9)20-13(19)8-5-6-8/h1-4,7-8H,5-6H2,(H2,15,16)(H,17,18). The van der Waals surface area contributed by atoms with Gasteiger partial charge in [0.15, 0.2) is 5.13 Å². The average molecular weight is 303 g/mol. The largest absolute Gasteiger partial charge is 0.425 e. The molecule has 1 aliphatic carbocycles. The maximum Gasteiger partial charge on any atom is 0.314 e. The molecular formula is C14H13N3O3S. The lowest BCUT2D eigenvalue weighted by molar-refractivity contribution is -0.135. The van der Waals surface area contributed by atoms with Crippen LogP contribution in [0.5, 0.6) is 5.75 Å². The van der Waals surface area contributed by atoms with Gasteiger partial charge in [0.05, 0.1) is 17.7 Å². The molecule has 1 aliphatic rings. The van der Waals surface area contributed by atoms with Crippen molar-refractivity contribution in [3.63, 3.8) is 0 Å². The number of benzene rings is 1. The Balaban J connectivity index is 1.77. The smallest absolute Gasteiger partial charge is 0.314 e. The minimum Gasteiger partial charge on any atom is -0.425 e. The Morgan fingerprint density at radius 2 is 2.10 bits per heavy atom. The Kier molecular flexibility index (Phi) is 3.57. The van der Waals surface area contributed by atoms with Crippen molar-refractivity contribution in [2.24, 2.45) is 5.92 Å². The summed E-state index contributed by atoms with van der Waals surface area (Å²) in [5.74, 6) is -0.401. The zero-order valence-corrected chi connectivity index (χ0v) is 11.9. The first-order valence-electron chi connectivity index (χ1n) is 6.47. The number of amides is 1. The molecule has 0 unspecified atom stereocenters.